The van der Waals surface area contributed by atoms with E-state index in [0.29, 0.717) is 18.5 Å². The van der Waals surface area contributed by atoms with Crippen LogP contribution in [0.15, 0.2) is 4.99 Å². The maximum atomic E-state index is 12.6. The van der Waals surface area contributed by atoms with Crippen LogP contribution in [0.1, 0.15) is 44.9 Å². The van der Waals surface area contributed by atoms with Crippen molar-refractivity contribution in [2.45, 2.75) is 56.6 Å². The zero-order chi connectivity index (χ0) is 17.7. The molecule has 0 aromatic heterocycles. The Balaban J connectivity index is 1.39. The van der Waals surface area contributed by atoms with Crippen molar-refractivity contribution in [1.82, 2.24) is 15.5 Å². The Morgan fingerprint density at radius 3 is 2.48 bits per heavy atom. The summed E-state index contributed by atoms with van der Waals surface area (Å²) in [6.45, 7) is 2.40. The molecule has 0 aromatic carbocycles. The first-order valence-corrected chi connectivity index (χ1v) is 10.8. The summed E-state index contributed by atoms with van der Waals surface area (Å²) < 4.78 is 0. The molecule has 1 heterocycles. The molecule has 0 aromatic rings. The van der Waals surface area contributed by atoms with Gasteiger partial charge in [-0.1, -0.05) is 0 Å². The van der Waals surface area contributed by atoms with Crippen LogP contribution >= 0.6 is 11.8 Å². The molecule has 2 aliphatic carbocycles. The van der Waals surface area contributed by atoms with E-state index in [9.17, 15) is 9.90 Å². The highest BCUT2D eigenvalue weighted by Crippen LogP contribution is 2.30. The minimum atomic E-state index is -0.547. The Bertz CT molecular complexity index is 481. The minimum Gasteiger partial charge on any atom is -0.388 e. The lowest BCUT2D eigenvalue weighted by Crippen LogP contribution is -2.53. The fourth-order valence-corrected chi connectivity index (χ4v) is 4.83. The Morgan fingerprint density at radius 1 is 1.24 bits per heavy atom. The number of amides is 1. The highest BCUT2D eigenvalue weighted by Gasteiger charge is 2.35. The monoisotopic (exact) mass is 368 g/mol. The van der Waals surface area contributed by atoms with Crippen LogP contribution in [0.5, 0.6) is 0 Å². The number of aliphatic hydroxyl groups is 1. The third-order valence-electron chi connectivity index (χ3n) is 5.83. The Morgan fingerprint density at radius 2 is 1.92 bits per heavy atom. The number of carbonyl (C=O) groups is 1. The van der Waals surface area contributed by atoms with E-state index in [1.807, 2.05) is 11.8 Å². The Kier molecular flexibility index (Phi) is 6.49. The van der Waals surface area contributed by atoms with Gasteiger partial charge in [0.25, 0.3) is 0 Å². The van der Waals surface area contributed by atoms with Gasteiger partial charge in [-0.2, -0.15) is 11.8 Å². The quantitative estimate of drug-likeness (QED) is 0.513. The molecule has 3 aliphatic rings. The first kappa shape index (κ1) is 18.8. The molecule has 2 saturated carbocycles. The largest absolute Gasteiger partial charge is 0.388 e. The lowest BCUT2D eigenvalue weighted by Gasteiger charge is -2.37. The molecular weight excluding hydrogens is 336 g/mol. The Labute approximate surface area is 155 Å². The molecule has 0 spiro atoms. The molecule has 3 rings (SSSR count). The molecule has 1 saturated heterocycles. The summed E-state index contributed by atoms with van der Waals surface area (Å²) >= 11 is 1.94. The number of nitrogens with one attached hydrogen (secondary N) is 2. The van der Waals surface area contributed by atoms with Crippen molar-refractivity contribution < 1.29 is 9.90 Å². The standard InChI is InChI=1S/C18H32N4O2S/c1-19-17(20-13-18(24)7-2-8-18)21-15-5-3-14(4-6-15)16(23)22-9-11-25-12-10-22/h14-15,24H,2-13H2,1H3,(H2,19,20,21). The van der Waals surface area contributed by atoms with Crippen molar-refractivity contribution >= 4 is 23.6 Å². The maximum Gasteiger partial charge on any atom is 0.225 e. The SMILES string of the molecule is CN=C(NCC1(O)CCC1)NC1CCC(C(=O)N2CCSCC2)CC1. The third kappa shape index (κ3) is 5.03. The molecule has 142 valence electrons. The summed E-state index contributed by atoms with van der Waals surface area (Å²) in [4.78, 5) is 19.0. The number of aliphatic imine (C=N–C) groups is 1. The average Bonchev–Trinajstić information content (AvgIpc) is 2.64. The van der Waals surface area contributed by atoms with Gasteiger partial charge in [0.1, 0.15) is 0 Å². The molecule has 6 nitrogen and oxygen atoms in total. The lowest BCUT2D eigenvalue weighted by molar-refractivity contribution is -0.136. The van der Waals surface area contributed by atoms with E-state index < -0.39 is 5.60 Å². The number of hydrogen-bond donors (Lipinski definition) is 3. The normalized spacial score (nSPS) is 29.7. The number of nitrogens with zero attached hydrogens (tertiary/aromatic N) is 2. The van der Waals surface area contributed by atoms with E-state index >= 15 is 0 Å². The fourth-order valence-electron chi connectivity index (χ4n) is 3.92. The van der Waals surface area contributed by atoms with Crippen LogP contribution in [-0.4, -0.2) is 71.7 Å². The van der Waals surface area contributed by atoms with Gasteiger partial charge >= 0.3 is 0 Å². The van der Waals surface area contributed by atoms with Crippen LogP contribution in [0.2, 0.25) is 0 Å². The van der Waals surface area contributed by atoms with Crippen molar-refractivity contribution in [2.75, 3.05) is 38.2 Å². The van der Waals surface area contributed by atoms with Gasteiger partial charge in [-0.05, 0) is 44.9 Å². The van der Waals surface area contributed by atoms with Gasteiger partial charge in [-0.25, -0.2) is 0 Å². The molecule has 3 N–H and O–H groups in total. The summed E-state index contributed by atoms with van der Waals surface area (Å²) in [6.07, 6.45) is 6.78. The number of thioether (sulfide) groups is 1. The van der Waals surface area contributed by atoms with Gasteiger partial charge in [-0.15, -0.1) is 0 Å². The first-order valence-electron chi connectivity index (χ1n) is 9.66. The molecule has 0 atom stereocenters. The second-order valence-corrected chi connectivity index (χ2v) is 8.86. The molecule has 0 bridgehead atoms. The molecule has 25 heavy (non-hydrogen) atoms. The van der Waals surface area contributed by atoms with E-state index in [0.717, 1.165) is 75.5 Å². The number of guanidine groups is 1. The van der Waals surface area contributed by atoms with Crippen molar-refractivity contribution in [1.29, 1.82) is 0 Å². The fraction of sp³-hybridized carbons (Fsp3) is 0.889. The summed E-state index contributed by atoms with van der Waals surface area (Å²) in [7, 11) is 1.77. The van der Waals surface area contributed by atoms with E-state index in [-0.39, 0.29) is 5.92 Å². The van der Waals surface area contributed by atoms with E-state index in [2.05, 4.69) is 20.5 Å². The third-order valence-corrected chi connectivity index (χ3v) is 6.78. The van der Waals surface area contributed by atoms with Gasteiger partial charge in [0.2, 0.25) is 5.91 Å². The predicted molar refractivity (Wildman–Crippen MR) is 103 cm³/mol. The first-order chi connectivity index (χ1) is 12.1. The maximum absolute atomic E-state index is 12.6. The highest BCUT2D eigenvalue weighted by atomic mass is 32.2. The average molecular weight is 369 g/mol. The molecule has 1 amide bonds. The molecule has 0 unspecified atom stereocenters. The van der Waals surface area contributed by atoms with E-state index in [4.69, 9.17) is 0 Å². The molecule has 3 fully saturated rings. The van der Waals surface area contributed by atoms with Gasteiger partial charge in [0, 0.05) is 50.1 Å². The summed E-state index contributed by atoms with van der Waals surface area (Å²) in [5.74, 6) is 3.50. The van der Waals surface area contributed by atoms with Crippen LogP contribution in [-0.2, 0) is 4.79 Å². The van der Waals surface area contributed by atoms with E-state index in [1.165, 1.54) is 0 Å². The van der Waals surface area contributed by atoms with Crippen LogP contribution in [0.25, 0.3) is 0 Å². The number of rotatable bonds is 4. The van der Waals surface area contributed by atoms with Crippen LogP contribution in [0, 0.1) is 5.92 Å². The van der Waals surface area contributed by atoms with Crippen molar-refractivity contribution in [3.05, 3.63) is 0 Å². The minimum absolute atomic E-state index is 0.201. The Hall–Kier alpha value is -0.950. The molecule has 7 heteroatoms. The van der Waals surface area contributed by atoms with Gasteiger partial charge < -0.3 is 20.6 Å². The van der Waals surface area contributed by atoms with Gasteiger partial charge in [-0.3, -0.25) is 9.79 Å². The number of hydrogen-bond acceptors (Lipinski definition) is 4. The lowest BCUT2D eigenvalue weighted by atomic mass is 9.80. The van der Waals surface area contributed by atoms with Crippen LogP contribution < -0.4 is 10.6 Å². The summed E-state index contributed by atoms with van der Waals surface area (Å²) in [5.41, 5.74) is -0.547. The highest BCUT2D eigenvalue weighted by molar-refractivity contribution is 7.99. The van der Waals surface area contributed by atoms with Crippen LogP contribution in [0.3, 0.4) is 0 Å². The van der Waals surface area contributed by atoms with Crippen molar-refractivity contribution in [3.63, 3.8) is 0 Å². The number of carbonyl (C=O) groups excluding carboxylic acids is 1. The second-order valence-electron chi connectivity index (χ2n) is 7.63. The van der Waals surface area contributed by atoms with Gasteiger partial charge in [0.05, 0.1) is 5.60 Å². The van der Waals surface area contributed by atoms with E-state index in [1.54, 1.807) is 7.05 Å². The predicted octanol–water partition coefficient (Wildman–Crippen LogP) is 1.20. The molecule has 1 aliphatic heterocycles. The van der Waals surface area contributed by atoms with Crippen molar-refractivity contribution in [2.24, 2.45) is 10.9 Å². The molecular formula is C18H32N4O2S. The second kappa shape index (κ2) is 8.62. The summed E-state index contributed by atoms with van der Waals surface area (Å²) in [6, 6.07) is 0.364. The van der Waals surface area contributed by atoms with Crippen LogP contribution in [0.4, 0.5) is 0 Å². The summed E-state index contributed by atoms with van der Waals surface area (Å²) in [5, 5.41) is 16.9. The van der Waals surface area contributed by atoms with Crippen molar-refractivity contribution in [3.8, 4) is 0 Å². The molecule has 0 radical (unpaired) electrons. The zero-order valence-corrected chi connectivity index (χ0v) is 16.1. The zero-order valence-electron chi connectivity index (χ0n) is 15.3. The topological polar surface area (TPSA) is 77.0 Å². The van der Waals surface area contributed by atoms with Gasteiger partial charge in [0.15, 0.2) is 5.96 Å². The smallest absolute Gasteiger partial charge is 0.225 e.